The van der Waals surface area contributed by atoms with E-state index in [-0.39, 0.29) is 5.91 Å². The SMILES string of the molecule is Cc1c(C(=O)NCCNC2[C@H]3C[C@@H]4C[C@@H](C[C@H]2C4)C3)nn(-c2ccncn2)c1-c1ccc(Cl)cc1. The maximum absolute atomic E-state index is 13.2. The van der Waals surface area contributed by atoms with Gasteiger partial charge in [0, 0.05) is 47.5 Å². The third kappa shape index (κ3) is 4.36. The monoisotopic (exact) mass is 490 g/mol. The molecule has 0 spiro atoms. The first-order valence-corrected chi connectivity index (χ1v) is 13.1. The van der Waals surface area contributed by atoms with Gasteiger partial charge in [-0.2, -0.15) is 5.10 Å². The molecule has 3 aromatic rings. The zero-order chi connectivity index (χ0) is 23.9. The van der Waals surface area contributed by atoms with Crippen molar-refractivity contribution in [2.45, 2.75) is 45.1 Å². The Kier molecular flexibility index (Phi) is 6.06. The van der Waals surface area contributed by atoms with E-state index in [1.165, 1.54) is 38.4 Å². The van der Waals surface area contributed by atoms with Crippen LogP contribution in [-0.2, 0) is 0 Å². The van der Waals surface area contributed by atoms with Crippen LogP contribution in [0, 0.1) is 30.6 Å². The summed E-state index contributed by atoms with van der Waals surface area (Å²) in [7, 11) is 0. The van der Waals surface area contributed by atoms with Crippen molar-refractivity contribution in [3.8, 4) is 17.1 Å². The van der Waals surface area contributed by atoms with Crippen molar-refractivity contribution in [3.63, 3.8) is 0 Å². The molecule has 4 fully saturated rings. The van der Waals surface area contributed by atoms with E-state index < -0.39 is 0 Å². The van der Waals surface area contributed by atoms with Crippen molar-refractivity contribution in [3.05, 3.63) is 59.1 Å². The van der Waals surface area contributed by atoms with E-state index in [1.54, 1.807) is 16.9 Å². The molecule has 2 heterocycles. The minimum atomic E-state index is -0.169. The summed E-state index contributed by atoms with van der Waals surface area (Å²) in [5.74, 6) is 4.04. The molecule has 0 atom stereocenters. The molecule has 4 bridgehead atoms. The lowest BCUT2D eigenvalue weighted by molar-refractivity contribution is -0.0133. The number of nitrogens with zero attached hydrogens (tertiary/aromatic N) is 4. The van der Waals surface area contributed by atoms with Crippen LogP contribution in [0.25, 0.3) is 17.1 Å². The third-order valence-electron chi connectivity index (χ3n) is 8.26. The highest BCUT2D eigenvalue weighted by Gasteiger charge is 2.47. The molecule has 182 valence electrons. The van der Waals surface area contributed by atoms with Gasteiger partial charge < -0.3 is 10.6 Å². The normalized spacial score (nSPS) is 26.7. The van der Waals surface area contributed by atoms with Crippen LogP contribution in [-0.4, -0.2) is 44.8 Å². The van der Waals surface area contributed by atoms with Crippen molar-refractivity contribution in [2.24, 2.45) is 23.7 Å². The average molecular weight is 491 g/mol. The number of aromatic nitrogens is 4. The van der Waals surface area contributed by atoms with Crippen molar-refractivity contribution >= 4 is 17.5 Å². The summed E-state index contributed by atoms with van der Waals surface area (Å²) in [5.41, 5.74) is 2.94. The number of carbonyl (C=O) groups is 1. The van der Waals surface area contributed by atoms with E-state index in [1.807, 2.05) is 31.2 Å². The van der Waals surface area contributed by atoms with Gasteiger partial charge in [0.2, 0.25) is 0 Å². The van der Waals surface area contributed by atoms with Crippen LogP contribution in [0.2, 0.25) is 5.02 Å². The van der Waals surface area contributed by atoms with Gasteiger partial charge in [0.15, 0.2) is 11.5 Å². The van der Waals surface area contributed by atoms with Gasteiger partial charge in [-0.05, 0) is 74.8 Å². The first-order valence-electron chi connectivity index (χ1n) is 12.7. The lowest BCUT2D eigenvalue weighted by atomic mass is 9.54. The molecular formula is C27H31ClN6O. The molecule has 4 aliphatic carbocycles. The average Bonchev–Trinajstić information content (AvgIpc) is 3.21. The fraction of sp³-hybridized carbons (Fsp3) is 0.481. The Hall–Kier alpha value is -2.77. The van der Waals surface area contributed by atoms with E-state index in [4.69, 9.17) is 11.6 Å². The van der Waals surface area contributed by atoms with Crippen LogP contribution in [0.4, 0.5) is 0 Å². The Bertz CT molecular complexity index is 1180. The predicted octanol–water partition coefficient (Wildman–Crippen LogP) is 4.44. The summed E-state index contributed by atoms with van der Waals surface area (Å²) in [5, 5.41) is 12.2. The van der Waals surface area contributed by atoms with Crippen LogP contribution >= 0.6 is 11.6 Å². The zero-order valence-electron chi connectivity index (χ0n) is 20.0. The molecule has 4 aliphatic rings. The van der Waals surface area contributed by atoms with E-state index >= 15 is 0 Å². The smallest absolute Gasteiger partial charge is 0.272 e. The summed E-state index contributed by atoms with van der Waals surface area (Å²) >= 11 is 6.11. The fourth-order valence-corrected chi connectivity index (χ4v) is 7.12. The van der Waals surface area contributed by atoms with Gasteiger partial charge in [-0.15, -0.1) is 0 Å². The number of rotatable bonds is 7. The fourth-order valence-electron chi connectivity index (χ4n) is 6.99. The molecule has 35 heavy (non-hydrogen) atoms. The zero-order valence-corrected chi connectivity index (χ0v) is 20.7. The number of benzene rings is 1. The molecule has 4 saturated carbocycles. The molecule has 0 unspecified atom stereocenters. The molecule has 0 radical (unpaired) electrons. The van der Waals surface area contributed by atoms with E-state index in [9.17, 15) is 4.79 Å². The van der Waals surface area contributed by atoms with E-state index in [0.29, 0.717) is 29.1 Å². The lowest BCUT2D eigenvalue weighted by Crippen LogP contribution is -2.55. The molecule has 2 N–H and O–H groups in total. The highest BCUT2D eigenvalue weighted by atomic mass is 35.5. The Balaban J connectivity index is 1.16. The highest BCUT2D eigenvalue weighted by Crippen LogP contribution is 2.53. The van der Waals surface area contributed by atoms with Gasteiger partial charge in [0.05, 0.1) is 5.69 Å². The molecule has 7 rings (SSSR count). The van der Waals surface area contributed by atoms with Gasteiger partial charge in [-0.25, -0.2) is 14.6 Å². The second-order valence-electron chi connectivity index (χ2n) is 10.5. The van der Waals surface area contributed by atoms with Crippen molar-refractivity contribution in [1.82, 2.24) is 30.4 Å². The molecule has 0 saturated heterocycles. The molecule has 1 aromatic carbocycles. The number of nitrogens with one attached hydrogen (secondary N) is 2. The Morgan fingerprint density at radius 2 is 1.74 bits per heavy atom. The minimum absolute atomic E-state index is 0.169. The van der Waals surface area contributed by atoms with Crippen molar-refractivity contribution in [2.75, 3.05) is 13.1 Å². The number of carbonyl (C=O) groups excluding carboxylic acids is 1. The first kappa shape index (κ1) is 22.7. The Labute approximate surface area is 210 Å². The van der Waals surface area contributed by atoms with Crippen LogP contribution in [0.1, 0.15) is 48.2 Å². The summed E-state index contributed by atoms with van der Waals surface area (Å²) in [6.45, 7) is 3.29. The number of halogens is 1. The molecule has 2 aromatic heterocycles. The second kappa shape index (κ2) is 9.36. The molecule has 8 heteroatoms. The predicted molar refractivity (Wildman–Crippen MR) is 136 cm³/mol. The number of amides is 1. The Morgan fingerprint density at radius 1 is 1.03 bits per heavy atom. The van der Waals surface area contributed by atoms with Crippen molar-refractivity contribution in [1.29, 1.82) is 0 Å². The largest absolute Gasteiger partial charge is 0.349 e. The summed E-state index contributed by atoms with van der Waals surface area (Å²) < 4.78 is 1.71. The van der Waals surface area contributed by atoms with Crippen LogP contribution in [0.5, 0.6) is 0 Å². The Morgan fingerprint density at radius 3 is 2.40 bits per heavy atom. The molecule has 0 aliphatic heterocycles. The summed E-state index contributed by atoms with van der Waals surface area (Å²) in [4.78, 5) is 21.5. The van der Waals surface area contributed by atoms with Crippen LogP contribution in [0.15, 0.2) is 42.9 Å². The first-order chi connectivity index (χ1) is 17.1. The quantitative estimate of drug-likeness (QED) is 0.478. The minimum Gasteiger partial charge on any atom is -0.349 e. The topological polar surface area (TPSA) is 84.7 Å². The molecular weight excluding hydrogens is 460 g/mol. The lowest BCUT2D eigenvalue weighted by Gasteiger charge is -2.54. The molecule has 1 amide bonds. The summed E-state index contributed by atoms with van der Waals surface area (Å²) in [6.07, 6.45) is 10.2. The maximum atomic E-state index is 13.2. The maximum Gasteiger partial charge on any atom is 0.272 e. The van der Waals surface area contributed by atoms with E-state index in [2.05, 4.69) is 25.7 Å². The van der Waals surface area contributed by atoms with Crippen LogP contribution in [0.3, 0.4) is 0 Å². The van der Waals surface area contributed by atoms with E-state index in [0.717, 1.165) is 47.0 Å². The summed E-state index contributed by atoms with van der Waals surface area (Å²) in [6, 6.07) is 9.94. The number of hydrogen-bond donors (Lipinski definition) is 2. The highest BCUT2D eigenvalue weighted by molar-refractivity contribution is 6.30. The van der Waals surface area contributed by atoms with Gasteiger partial charge in [-0.3, -0.25) is 4.79 Å². The standard InChI is InChI=1S/C27H31ClN6O/c1-16-24(27(35)31-9-8-30-25-20-11-17-10-18(13-20)14-21(25)12-17)33-34(23-6-7-29-15-32-23)26(16)19-2-4-22(28)5-3-19/h2-7,15,17-18,20-21,25,30H,8-14H2,1H3,(H,31,35)/t17-,18+,20-,21+,25?. The van der Waals surface area contributed by atoms with Gasteiger partial charge in [0.25, 0.3) is 5.91 Å². The van der Waals surface area contributed by atoms with Crippen molar-refractivity contribution < 1.29 is 4.79 Å². The van der Waals surface area contributed by atoms with Gasteiger partial charge >= 0.3 is 0 Å². The number of hydrogen-bond acceptors (Lipinski definition) is 5. The van der Waals surface area contributed by atoms with Crippen LogP contribution < -0.4 is 10.6 Å². The van der Waals surface area contributed by atoms with Gasteiger partial charge in [0.1, 0.15) is 6.33 Å². The van der Waals surface area contributed by atoms with Gasteiger partial charge in [-0.1, -0.05) is 23.7 Å². The third-order valence-corrected chi connectivity index (χ3v) is 8.51. The molecule has 7 nitrogen and oxygen atoms in total. The second-order valence-corrected chi connectivity index (χ2v) is 10.9.